The molecule has 1 amide bonds. The molecule has 0 aromatic rings. The van der Waals surface area contributed by atoms with Crippen LogP contribution in [0.5, 0.6) is 0 Å². The predicted molar refractivity (Wildman–Crippen MR) is 66.1 cm³/mol. The summed E-state index contributed by atoms with van der Waals surface area (Å²) < 4.78 is 0. The van der Waals surface area contributed by atoms with E-state index in [1.54, 1.807) is 0 Å². The molecule has 1 rings (SSSR count). The number of hydrogen-bond acceptors (Lipinski definition) is 3. The fraction of sp³-hybridized carbons (Fsp3) is 0.917. The third-order valence-corrected chi connectivity index (χ3v) is 2.77. The first-order chi connectivity index (χ1) is 7.63. The highest BCUT2D eigenvalue weighted by Gasteiger charge is 2.29. The van der Waals surface area contributed by atoms with Gasteiger partial charge in [0.05, 0.1) is 6.54 Å². The molecular formula is C12H25N3O. The van der Waals surface area contributed by atoms with Crippen molar-refractivity contribution in [3.8, 4) is 0 Å². The van der Waals surface area contributed by atoms with Crippen LogP contribution in [0.4, 0.5) is 0 Å². The summed E-state index contributed by atoms with van der Waals surface area (Å²) in [7, 11) is 0. The third kappa shape index (κ3) is 5.47. The summed E-state index contributed by atoms with van der Waals surface area (Å²) in [6, 6.07) is 0.636. The van der Waals surface area contributed by atoms with Gasteiger partial charge < -0.3 is 11.1 Å². The van der Waals surface area contributed by atoms with E-state index < -0.39 is 0 Å². The number of rotatable bonds is 8. The normalized spacial score (nSPS) is 15.8. The molecule has 1 aliphatic carbocycles. The third-order valence-electron chi connectivity index (χ3n) is 2.77. The van der Waals surface area contributed by atoms with Gasteiger partial charge in [-0.05, 0) is 31.7 Å². The second-order valence-corrected chi connectivity index (χ2v) is 5.04. The van der Waals surface area contributed by atoms with Gasteiger partial charge in [-0.1, -0.05) is 13.8 Å². The summed E-state index contributed by atoms with van der Waals surface area (Å²) in [6.07, 6.45) is 3.46. The molecule has 1 fully saturated rings. The Labute approximate surface area is 98.6 Å². The van der Waals surface area contributed by atoms with Crippen molar-refractivity contribution in [3.05, 3.63) is 0 Å². The molecule has 1 saturated carbocycles. The van der Waals surface area contributed by atoms with Crippen LogP contribution >= 0.6 is 0 Å². The molecule has 3 N–H and O–H groups in total. The summed E-state index contributed by atoms with van der Waals surface area (Å²) >= 11 is 0. The lowest BCUT2D eigenvalue weighted by Crippen LogP contribution is -2.40. The van der Waals surface area contributed by atoms with Gasteiger partial charge in [0.1, 0.15) is 0 Å². The maximum atomic E-state index is 11.7. The van der Waals surface area contributed by atoms with Crippen LogP contribution in [0.15, 0.2) is 0 Å². The van der Waals surface area contributed by atoms with E-state index in [0.29, 0.717) is 25.0 Å². The molecule has 0 bridgehead atoms. The maximum Gasteiger partial charge on any atom is 0.234 e. The highest BCUT2D eigenvalue weighted by atomic mass is 16.2. The zero-order valence-electron chi connectivity index (χ0n) is 10.5. The Balaban J connectivity index is 2.22. The first-order valence-corrected chi connectivity index (χ1v) is 6.34. The highest BCUT2D eigenvalue weighted by molar-refractivity contribution is 5.78. The molecule has 94 valence electrons. The van der Waals surface area contributed by atoms with Crippen LogP contribution < -0.4 is 11.1 Å². The van der Waals surface area contributed by atoms with Crippen molar-refractivity contribution >= 4 is 5.91 Å². The summed E-state index contributed by atoms with van der Waals surface area (Å²) in [5.74, 6) is 0.667. The molecular weight excluding hydrogens is 202 g/mol. The zero-order valence-corrected chi connectivity index (χ0v) is 10.5. The Morgan fingerprint density at radius 2 is 2.19 bits per heavy atom. The number of nitrogens with zero attached hydrogens (tertiary/aromatic N) is 1. The van der Waals surface area contributed by atoms with Gasteiger partial charge >= 0.3 is 0 Å². The molecule has 0 atom stereocenters. The molecule has 0 aromatic carbocycles. The number of carbonyl (C=O) groups is 1. The monoisotopic (exact) mass is 227 g/mol. The first-order valence-electron chi connectivity index (χ1n) is 6.34. The maximum absolute atomic E-state index is 11.7. The average Bonchev–Trinajstić information content (AvgIpc) is 3.05. The molecule has 0 heterocycles. The molecule has 4 nitrogen and oxygen atoms in total. The van der Waals surface area contributed by atoms with Crippen LogP contribution in [-0.2, 0) is 4.79 Å². The largest absolute Gasteiger partial charge is 0.355 e. The second-order valence-electron chi connectivity index (χ2n) is 5.04. The van der Waals surface area contributed by atoms with Crippen molar-refractivity contribution < 1.29 is 4.79 Å². The van der Waals surface area contributed by atoms with Crippen LogP contribution in [0.1, 0.15) is 33.1 Å². The molecule has 0 saturated heterocycles. The molecule has 0 spiro atoms. The Bertz CT molecular complexity index is 214. The van der Waals surface area contributed by atoms with Gasteiger partial charge in [-0.15, -0.1) is 0 Å². The average molecular weight is 227 g/mol. The summed E-state index contributed by atoms with van der Waals surface area (Å²) in [5.41, 5.74) is 5.50. The minimum atomic E-state index is 0.151. The fourth-order valence-electron chi connectivity index (χ4n) is 1.68. The Hall–Kier alpha value is -0.610. The summed E-state index contributed by atoms with van der Waals surface area (Å²) in [4.78, 5) is 13.9. The van der Waals surface area contributed by atoms with Crippen molar-refractivity contribution in [2.75, 3.05) is 26.2 Å². The van der Waals surface area contributed by atoms with Gasteiger partial charge in [0, 0.05) is 19.1 Å². The smallest absolute Gasteiger partial charge is 0.234 e. The molecule has 4 heteroatoms. The molecule has 16 heavy (non-hydrogen) atoms. The first kappa shape index (κ1) is 13.5. The number of carbonyl (C=O) groups excluding carboxylic acids is 1. The van der Waals surface area contributed by atoms with Crippen LogP contribution in [0.2, 0.25) is 0 Å². The summed E-state index contributed by atoms with van der Waals surface area (Å²) in [5, 5.41) is 2.96. The lowest BCUT2D eigenvalue weighted by Gasteiger charge is -2.21. The Kier molecular flexibility index (Phi) is 5.77. The minimum Gasteiger partial charge on any atom is -0.355 e. The standard InChI is InChI=1S/C12H25N3O/c1-10(2)8-14-12(16)9-15(7-3-6-13)11-4-5-11/h10-11H,3-9,13H2,1-2H3,(H,14,16). The lowest BCUT2D eigenvalue weighted by molar-refractivity contribution is -0.122. The van der Waals surface area contributed by atoms with E-state index >= 15 is 0 Å². The van der Waals surface area contributed by atoms with E-state index in [2.05, 4.69) is 24.1 Å². The lowest BCUT2D eigenvalue weighted by atomic mass is 10.2. The van der Waals surface area contributed by atoms with E-state index in [-0.39, 0.29) is 5.91 Å². The Morgan fingerprint density at radius 1 is 1.50 bits per heavy atom. The molecule has 0 unspecified atom stereocenters. The minimum absolute atomic E-state index is 0.151. The van der Waals surface area contributed by atoms with Gasteiger partial charge in [0.15, 0.2) is 0 Å². The quantitative estimate of drug-likeness (QED) is 0.637. The van der Waals surface area contributed by atoms with Gasteiger partial charge in [0.2, 0.25) is 5.91 Å². The molecule has 1 aliphatic rings. The van der Waals surface area contributed by atoms with Crippen LogP contribution in [0, 0.1) is 5.92 Å². The van der Waals surface area contributed by atoms with Crippen molar-refractivity contribution in [3.63, 3.8) is 0 Å². The number of amides is 1. The van der Waals surface area contributed by atoms with Crippen molar-refractivity contribution in [1.29, 1.82) is 0 Å². The van der Waals surface area contributed by atoms with E-state index in [4.69, 9.17) is 5.73 Å². The second kappa shape index (κ2) is 6.86. The molecule has 0 aliphatic heterocycles. The Morgan fingerprint density at radius 3 is 2.69 bits per heavy atom. The number of hydrogen-bond donors (Lipinski definition) is 2. The van der Waals surface area contributed by atoms with Gasteiger partial charge in [-0.25, -0.2) is 0 Å². The van der Waals surface area contributed by atoms with E-state index in [9.17, 15) is 4.79 Å². The SMILES string of the molecule is CC(C)CNC(=O)CN(CCCN)C1CC1. The summed E-state index contributed by atoms with van der Waals surface area (Å²) in [6.45, 7) is 7.18. The van der Waals surface area contributed by atoms with E-state index in [1.807, 2.05) is 0 Å². The van der Waals surface area contributed by atoms with Crippen LogP contribution in [-0.4, -0.2) is 43.0 Å². The van der Waals surface area contributed by atoms with Gasteiger partial charge in [-0.2, -0.15) is 0 Å². The van der Waals surface area contributed by atoms with Crippen molar-refractivity contribution in [2.45, 2.75) is 39.2 Å². The predicted octanol–water partition coefficient (Wildman–Crippen LogP) is 0.572. The van der Waals surface area contributed by atoms with Gasteiger partial charge in [0.25, 0.3) is 0 Å². The fourth-order valence-corrected chi connectivity index (χ4v) is 1.68. The van der Waals surface area contributed by atoms with Crippen LogP contribution in [0.25, 0.3) is 0 Å². The van der Waals surface area contributed by atoms with E-state index in [0.717, 1.165) is 19.5 Å². The number of nitrogens with two attached hydrogens (primary N) is 1. The van der Waals surface area contributed by atoms with Crippen LogP contribution in [0.3, 0.4) is 0 Å². The van der Waals surface area contributed by atoms with E-state index in [1.165, 1.54) is 12.8 Å². The highest BCUT2D eigenvalue weighted by Crippen LogP contribution is 2.26. The van der Waals surface area contributed by atoms with Crippen molar-refractivity contribution in [1.82, 2.24) is 10.2 Å². The zero-order chi connectivity index (χ0) is 12.0. The number of nitrogens with one attached hydrogen (secondary N) is 1. The van der Waals surface area contributed by atoms with Gasteiger partial charge in [-0.3, -0.25) is 9.69 Å². The van der Waals surface area contributed by atoms with Crippen molar-refractivity contribution in [2.24, 2.45) is 11.7 Å². The molecule has 0 aromatic heterocycles. The molecule has 0 radical (unpaired) electrons. The topological polar surface area (TPSA) is 58.4 Å².